The Labute approximate surface area is 53.4 Å². The molecule has 0 spiro atoms. The summed E-state index contributed by atoms with van der Waals surface area (Å²) in [5.74, 6) is -0.404. The molecule has 0 heterocycles. The average Bonchev–Trinajstić information content (AvgIpc) is 1.80. The van der Waals surface area contributed by atoms with Crippen molar-refractivity contribution in [1.29, 1.82) is 0 Å². The standard InChI is InChI=1S/C5H9NO3/c1-3-9-6-4-8-5(2)7/h4H,3H2,1-2H3/b6-4-. The molecule has 0 aromatic heterocycles. The molecule has 52 valence electrons. The van der Waals surface area contributed by atoms with E-state index in [-0.39, 0.29) is 0 Å². The van der Waals surface area contributed by atoms with Crippen molar-refractivity contribution in [2.24, 2.45) is 5.16 Å². The summed E-state index contributed by atoms with van der Waals surface area (Å²) in [4.78, 5) is 14.5. The van der Waals surface area contributed by atoms with Gasteiger partial charge in [-0.15, -0.1) is 0 Å². The summed E-state index contributed by atoms with van der Waals surface area (Å²) in [6.07, 6.45) is 0.964. The first kappa shape index (κ1) is 7.94. The first-order valence-electron chi connectivity index (χ1n) is 2.58. The molecule has 0 radical (unpaired) electrons. The van der Waals surface area contributed by atoms with Crippen molar-refractivity contribution >= 4 is 12.4 Å². The molecule has 4 heteroatoms. The van der Waals surface area contributed by atoms with Crippen LogP contribution in [0, 0.1) is 0 Å². The van der Waals surface area contributed by atoms with Crippen LogP contribution in [0.2, 0.25) is 0 Å². The third kappa shape index (κ3) is 6.94. The zero-order valence-corrected chi connectivity index (χ0v) is 5.46. The second-order valence-electron chi connectivity index (χ2n) is 1.24. The van der Waals surface area contributed by atoms with Crippen LogP contribution in [0.25, 0.3) is 0 Å². The second-order valence-corrected chi connectivity index (χ2v) is 1.24. The van der Waals surface area contributed by atoms with E-state index in [2.05, 4.69) is 14.7 Å². The molecule has 0 N–H and O–H groups in total. The zero-order valence-electron chi connectivity index (χ0n) is 5.46. The molecule has 0 atom stereocenters. The molecule has 9 heavy (non-hydrogen) atoms. The van der Waals surface area contributed by atoms with Gasteiger partial charge in [0.2, 0.25) is 6.40 Å². The number of ether oxygens (including phenoxy) is 1. The Kier molecular flexibility index (Phi) is 4.49. The minimum Gasteiger partial charge on any atom is -0.411 e. The summed E-state index contributed by atoms with van der Waals surface area (Å²) in [5, 5.41) is 3.26. The SMILES string of the molecule is CCO/N=C\OC(C)=O. The van der Waals surface area contributed by atoms with Gasteiger partial charge in [0.05, 0.1) is 0 Å². The quantitative estimate of drug-likeness (QED) is 0.243. The van der Waals surface area contributed by atoms with Crippen LogP contribution in [-0.4, -0.2) is 19.0 Å². The van der Waals surface area contributed by atoms with Gasteiger partial charge in [-0.1, -0.05) is 5.16 Å². The van der Waals surface area contributed by atoms with E-state index in [0.717, 1.165) is 6.40 Å². The van der Waals surface area contributed by atoms with Crippen molar-refractivity contribution in [2.75, 3.05) is 6.61 Å². The highest BCUT2D eigenvalue weighted by Gasteiger charge is 1.83. The molecule has 0 unspecified atom stereocenters. The summed E-state index contributed by atoms with van der Waals surface area (Å²) < 4.78 is 4.29. The molecule has 4 nitrogen and oxygen atoms in total. The van der Waals surface area contributed by atoms with Gasteiger partial charge in [0.1, 0.15) is 6.61 Å². The monoisotopic (exact) mass is 131 g/mol. The Bertz CT molecular complexity index is 111. The lowest BCUT2D eigenvalue weighted by Gasteiger charge is -1.89. The molecule has 0 fully saturated rings. The summed E-state index contributed by atoms with van der Waals surface area (Å²) in [7, 11) is 0. The minimum atomic E-state index is -0.404. The number of hydrogen-bond donors (Lipinski definition) is 0. The van der Waals surface area contributed by atoms with E-state index < -0.39 is 5.97 Å². The van der Waals surface area contributed by atoms with E-state index in [4.69, 9.17) is 0 Å². The van der Waals surface area contributed by atoms with Crippen LogP contribution in [0.3, 0.4) is 0 Å². The highest BCUT2D eigenvalue weighted by atomic mass is 16.6. The molecule has 0 rings (SSSR count). The van der Waals surface area contributed by atoms with Gasteiger partial charge >= 0.3 is 5.97 Å². The largest absolute Gasteiger partial charge is 0.411 e. The van der Waals surface area contributed by atoms with Crippen LogP contribution in [0.4, 0.5) is 0 Å². The van der Waals surface area contributed by atoms with Gasteiger partial charge in [-0.2, -0.15) is 0 Å². The Hall–Kier alpha value is -1.06. The Morgan fingerprint density at radius 1 is 1.78 bits per heavy atom. The molecule has 0 aliphatic carbocycles. The van der Waals surface area contributed by atoms with Crippen molar-refractivity contribution in [3.05, 3.63) is 0 Å². The maximum absolute atomic E-state index is 10.0. The fraction of sp³-hybridized carbons (Fsp3) is 0.600. The molecule has 0 amide bonds. The molecule has 0 saturated carbocycles. The first-order valence-corrected chi connectivity index (χ1v) is 2.58. The van der Waals surface area contributed by atoms with Crippen LogP contribution >= 0.6 is 0 Å². The predicted octanol–water partition coefficient (Wildman–Crippen LogP) is 0.529. The van der Waals surface area contributed by atoms with Crippen LogP contribution in [0.1, 0.15) is 13.8 Å². The number of carbonyl (C=O) groups is 1. The molecular formula is C5H9NO3. The van der Waals surface area contributed by atoms with Crippen molar-refractivity contribution < 1.29 is 14.4 Å². The maximum atomic E-state index is 10.0. The molecule has 0 aliphatic rings. The summed E-state index contributed by atoms with van der Waals surface area (Å²) in [6, 6.07) is 0. The molecule has 0 aromatic rings. The van der Waals surface area contributed by atoms with Gasteiger partial charge in [-0.3, -0.25) is 4.79 Å². The number of esters is 1. The smallest absolute Gasteiger partial charge is 0.309 e. The summed E-state index contributed by atoms with van der Waals surface area (Å²) in [5.41, 5.74) is 0. The number of carbonyl (C=O) groups excluding carboxylic acids is 1. The van der Waals surface area contributed by atoms with Gasteiger partial charge < -0.3 is 9.57 Å². The minimum absolute atomic E-state index is 0.404. The summed E-state index contributed by atoms with van der Waals surface area (Å²) >= 11 is 0. The van der Waals surface area contributed by atoms with Gasteiger partial charge in [0.15, 0.2) is 0 Å². The molecule has 0 bridgehead atoms. The summed E-state index contributed by atoms with van der Waals surface area (Å²) in [6.45, 7) is 3.54. The number of nitrogens with zero attached hydrogens (tertiary/aromatic N) is 1. The molecular weight excluding hydrogens is 122 g/mol. The van der Waals surface area contributed by atoms with E-state index in [9.17, 15) is 4.79 Å². The van der Waals surface area contributed by atoms with Gasteiger partial charge in [0, 0.05) is 6.92 Å². The van der Waals surface area contributed by atoms with Gasteiger partial charge in [0.25, 0.3) is 0 Å². The maximum Gasteiger partial charge on any atom is 0.309 e. The zero-order chi connectivity index (χ0) is 7.11. The van der Waals surface area contributed by atoms with Crippen molar-refractivity contribution in [2.45, 2.75) is 13.8 Å². The lowest BCUT2D eigenvalue weighted by molar-refractivity contribution is -0.132. The Morgan fingerprint density at radius 2 is 2.44 bits per heavy atom. The highest BCUT2D eigenvalue weighted by molar-refractivity contribution is 5.75. The van der Waals surface area contributed by atoms with E-state index in [0.29, 0.717) is 6.61 Å². The van der Waals surface area contributed by atoms with E-state index >= 15 is 0 Å². The molecule has 0 saturated heterocycles. The average molecular weight is 131 g/mol. The van der Waals surface area contributed by atoms with Gasteiger partial charge in [-0.05, 0) is 6.92 Å². The van der Waals surface area contributed by atoms with E-state index in [1.54, 1.807) is 6.92 Å². The van der Waals surface area contributed by atoms with Crippen LogP contribution < -0.4 is 0 Å². The topological polar surface area (TPSA) is 47.9 Å². The normalized spacial score (nSPS) is 9.56. The second kappa shape index (κ2) is 5.08. The van der Waals surface area contributed by atoms with Crippen molar-refractivity contribution in [3.63, 3.8) is 0 Å². The molecule has 0 aliphatic heterocycles. The van der Waals surface area contributed by atoms with Crippen LogP contribution in [-0.2, 0) is 14.4 Å². The Morgan fingerprint density at radius 3 is 2.89 bits per heavy atom. The van der Waals surface area contributed by atoms with E-state index in [1.807, 2.05) is 0 Å². The van der Waals surface area contributed by atoms with Crippen molar-refractivity contribution in [1.82, 2.24) is 0 Å². The lowest BCUT2D eigenvalue weighted by atomic mass is 10.8. The fourth-order valence-electron chi connectivity index (χ4n) is 0.201. The lowest BCUT2D eigenvalue weighted by Crippen LogP contribution is -1.95. The Balaban J connectivity index is 3.14. The van der Waals surface area contributed by atoms with Crippen LogP contribution in [0.15, 0.2) is 5.16 Å². The van der Waals surface area contributed by atoms with E-state index in [1.165, 1.54) is 6.92 Å². The fourth-order valence-corrected chi connectivity index (χ4v) is 0.201. The number of rotatable bonds is 3. The van der Waals surface area contributed by atoms with Crippen molar-refractivity contribution in [3.8, 4) is 0 Å². The first-order chi connectivity index (χ1) is 4.27. The predicted molar refractivity (Wildman–Crippen MR) is 31.9 cm³/mol. The van der Waals surface area contributed by atoms with Crippen LogP contribution in [0.5, 0.6) is 0 Å². The molecule has 0 aromatic carbocycles. The highest BCUT2D eigenvalue weighted by Crippen LogP contribution is 1.73. The van der Waals surface area contributed by atoms with Gasteiger partial charge in [-0.25, -0.2) is 0 Å². The third-order valence-corrected chi connectivity index (χ3v) is 0.465. The number of hydrogen-bond acceptors (Lipinski definition) is 4. The third-order valence-electron chi connectivity index (χ3n) is 0.465. The number of oxime groups is 1.